The second-order valence-corrected chi connectivity index (χ2v) is 4.63. The maximum absolute atomic E-state index is 12.2. The molecule has 0 aliphatic heterocycles. The molecule has 0 atom stereocenters. The topological polar surface area (TPSA) is 62.1 Å². The van der Waals surface area contributed by atoms with Gasteiger partial charge in [0.15, 0.2) is 0 Å². The van der Waals surface area contributed by atoms with Gasteiger partial charge in [0.25, 0.3) is 5.91 Å². The van der Waals surface area contributed by atoms with E-state index >= 15 is 0 Å². The van der Waals surface area contributed by atoms with Crippen LogP contribution in [0.15, 0.2) is 72.8 Å². The van der Waals surface area contributed by atoms with Gasteiger partial charge < -0.3 is 10.1 Å². The number of anilines is 1. The van der Waals surface area contributed by atoms with Crippen LogP contribution < -0.4 is 10.1 Å². The number of hydrogen-bond acceptors (Lipinski definition) is 3. The van der Waals surface area contributed by atoms with E-state index in [4.69, 9.17) is 4.74 Å². The molecule has 0 saturated carbocycles. The van der Waals surface area contributed by atoms with Crippen LogP contribution in [0, 0.1) is 11.3 Å². The van der Waals surface area contributed by atoms with Crippen molar-refractivity contribution in [1.82, 2.24) is 0 Å². The third-order valence-electron chi connectivity index (χ3n) is 2.97. The minimum atomic E-state index is -0.461. The summed E-state index contributed by atoms with van der Waals surface area (Å²) in [6, 6.07) is 18.1. The third kappa shape index (κ3) is 4.58. The van der Waals surface area contributed by atoms with E-state index in [1.807, 2.05) is 36.4 Å². The standard InChI is InChI=1S/C19H16N2O2/c1-2-12-23-18-11-7-6-8-15(18)13-16(14-20)19(22)21-17-9-4-3-5-10-17/h2-11,13H,1,12H2,(H,21,22)/b16-13-. The van der Waals surface area contributed by atoms with Crippen LogP contribution >= 0.6 is 0 Å². The van der Waals surface area contributed by atoms with Gasteiger partial charge in [-0.05, 0) is 24.3 Å². The quantitative estimate of drug-likeness (QED) is 0.501. The molecule has 1 N–H and O–H groups in total. The molecule has 1 amide bonds. The van der Waals surface area contributed by atoms with Gasteiger partial charge in [0, 0.05) is 11.3 Å². The van der Waals surface area contributed by atoms with Gasteiger partial charge in [-0.25, -0.2) is 0 Å². The molecule has 4 heteroatoms. The van der Waals surface area contributed by atoms with Crippen LogP contribution in [0.1, 0.15) is 5.56 Å². The van der Waals surface area contributed by atoms with Crippen LogP contribution in [0.2, 0.25) is 0 Å². The average Bonchev–Trinajstić information content (AvgIpc) is 2.59. The van der Waals surface area contributed by atoms with Crippen LogP contribution in [0.25, 0.3) is 6.08 Å². The highest BCUT2D eigenvalue weighted by molar-refractivity contribution is 6.09. The molecule has 2 aromatic rings. The zero-order chi connectivity index (χ0) is 16.5. The SMILES string of the molecule is C=CCOc1ccccc1/C=C(/C#N)C(=O)Nc1ccccc1. The molecular formula is C19H16N2O2. The molecule has 0 heterocycles. The van der Waals surface area contributed by atoms with E-state index in [1.165, 1.54) is 6.08 Å². The third-order valence-corrected chi connectivity index (χ3v) is 2.97. The number of rotatable bonds is 6. The smallest absolute Gasteiger partial charge is 0.266 e. The Kier molecular flexibility index (Phi) is 5.73. The Morgan fingerprint density at radius 3 is 2.57 bits per heavy atom. The van der Waals surface area contributed by atoms with E-state index in [9.17, 15) is 10.1 Å². The fraction of sp³-hybridized carbons (Fsp3) is 0.0526. The summed E-state index contributed by atoms with van der Waals surface area (Å²) in [7, 11) is 0. The fourth-order valence-electron chi connectivity index (χ4n) is 1.90. The van der Waals surface area contributed by atoms with Crippen molar-refractivity contribution in [2.24, 2.45) is 0 Å². The predicted octanol–water partition coefficient (Wildman–Crippen LogP) is 3.80. The maximum Gasteiger partial charge on any atom is 0.266 e. The molecule has 2 rings (SSSR count). The minimum absolute atomic E-state index is 0.00325. The summed E-state index contributed by atoms with van der Waals surface area (Å²) in [5.74, 6) is 0.130. The molecule has 0 radical (unpaired) electrons. The van der Waals surface area contributed by atoms with Crippen molar-refractivity contribution in [3.05, 3.63) is 78.4 Å². The second kappa shape index (κ2) is 8.20. The number of hydrogen-bond donors (Lipinski definition) is 1. The molecule has 0 unspecified atom stereocenters. The molecule has 0 saturated heterocycles. The number of nitrogens with one attached hydrogen (secondary N) is 1. The molecule has 0 aliphatic carbocycles. The van der Waals surface area contributed by atoms with Crippen LogP contribution in [0.5, 0.6) is 5.75 Å². The summed E-state index contributed by atoms with van der Waals surface area (Å²) in [6.07, 6.45) is 3.14. The number of para-hydroxylation sites is 2. The Morgan fingerprint density at radius 1 is 1.17 bits per heavy atom. The Labute approximate surface area is 135 Å². The first-order valence-electron chi connectivity index (χ1n) is 7.05. The highest BCUT2D eigenvalue weighted by atomic mass is 16.5. The van der Waals surface area contributed by atoms with Crippen molar-refractivity contribution in [3.8, 4) is 11.8 Å². The molecule has 2 aromatic carbocycles. The Hall–Kier alpha value is -3.32. The summed E-state index contributed by atoms with van der Waals surface area (Å²) in [5, 5.41) is 12.0. The molecule has 0 aromatic heterocycles. The molecule has 0 fully saturated rings. The zero-order valence-corrected chi connectivity index (χ0v) is 12.5. The summed E-state index contributed by atoms with van der Waals surface area (Å²) in [6.45, 7) is 3.95. The number of nitriles is 1. The number of nitrogens with zero attached hydrogens (tertiary/aromatic N) is 1. The van der Waals surface area contributed by atoms with Crippen LogP contribution in [-0.4, -0.2) is 12.5 Å². The van der Waals surface area contributed by atoms with Crippen molar-refractivity contribution in [3.63, 3.8) is 0 Å². The van der Waals surface area contributed by atoms with Gasteiger partial charge in [-0.1, -0.05) is 49.1 Å². The normalized spacial score (nSPS) is 10.5. The van der Waals surface area contributed by atoms with E-state index in [1.54, 1.807) is 30.3 Å². The monoisotopic (exact) mass is 304 g/mol. The van der Waals surface area contributed by atoms with Crippen molar-refractivity contribution < 1.29 is 9.53 Å². The van der Waals surface area contributed by atoms with Gasteiger partial charge in [0.2, 0.25) is 0 Å². The molecule has 0 aliphatic rings. The van der Waals surface area contributed by atoms with E-state index in [-0.39, 0.29) is 5.57 Å². The maximum atomic E-state index is 12.2. The summed E-state index contributed by atoms with van der Waals surface area (Å²) >= 11 is 0. The predicted molar refractivity (Wildman–Crippen MR) is 90.8 cm³/mol. The van der Waals surface area contributed by atoms with Crippen LogP contribution in [0.4, 0.5) is 5.69 Å². The molecule has 114 valence electrons. The minimum Gasteiger partial charge on any atom is -0.489 e. The van der Waals surface area contributed by atoms with Crippen LogP contribution in [-0.2, 0) is 4.79 Å². The van der Waals surface area contributed by atoms with Gasteiger partial charge in [0.05, 0.1) is 0 Å². The van der Waals surface area contributed by atoms with E-state index in [2.05, 4.69) is 11.9 Å². The lowest BCUT2D eigenvalue weighted by Crippen LogP contribution is -2.13. The molecule has 23 heavy (non-hydrogen) atoms. The first-order chi connectivity index (χ1) is 11.2. The first kappa shape index (κ1) is 16.1. The molecule has 0 spiro atoms. The van der Waals surface area contributed by atoms with Gasteiger partial charge in [-0.2, -0.15) is 5.26 Å². The van der Waals surface area contributed by atoms with Crippen LogP contribution in [0.3, 0.4) is 0 Å². The number of benzene rings is 2. The highest BCUT2D eigenvalue weighted by Gasteiger charge is 2.11. The van der Waals surface area contributed by atoms with Crippen molar-refractivity contribution in [2.45, 2.75) is 0 Å². The second-order valence-electron chi connectivity index (χ2n) is 4.63. The Bertz CT molecular complexity index is 758. The largest absolute Gasteiger partial charge is 0.489 e. The number of carbonyl (C=O) groups excluding carboxylic acids is 1. The number of amides is 1. The van der Waals surface area contributed by atoms with Gasteiger partial charge in [0.1, 0.15) is 24.0 Å². The van der Waals surface area contributed by atoms with E-state index in [0.717, 1.165) is 0 Å². The Balaban J connectivity index is 2.23. The molecule has 4 nitrogen and oxygen atoms in total. The van der Waals surface area contributed by atoms with Crippen molar-refractivity contribution in [1.29, 1.82) is 5.26 Å². The lowest BCUT2D eigenvalue weighted by molar-refractivity contribution is -0.112. The summed E-state index contributed by atoms with van der Waals surface area (Å²) < 4.78 is 5.53. The van der Waals surface area contributed by atoms with Gasteiger partial charge >= 0.3 is 0 Å². The zero-order valence-electron chi connectivity index (χ0n) is 12.5. The lowest BCUT2D eigenvalue weighted by atomic mass is 10.1. The molecular weight excluding hydrogens is 288 g/mol. The fourth-order valence-corrected chi connectivity index (χ4v) is 1.90. The van der Waals surface area contributed by atoms with Gasteiger partial charge in [-0.15, -0.1) is 0 Å². The lowest BCUT2D eigenvalue weighted by Gasteiger charge is -2.08. The van der Waals surface area contributed by atoms with E-state index in [0.29, 0.717) is 23.6 Å². The number of carbonyl (C=O) groups is 1. The van der Waals surface area contributed by atoms with Crippen molar-refractivity contribution >= 4 is 17.7 Å². The average molecular weight is 304 g/mol. The summed E-state index contributed by atoms with van der Waals surface area (Å²) in [4.78, 5) is 12.2. The highest BCUT2D eigenvalue weighted by Crippen LogP contribution is 2.21. The van der Waals surface area contributed by atoms with Gasteiger partial charge in [-0.3, -0.25) is 4.79 Å². The molecule has 0 bridgehead atoms. The number of ether oxygens (including phenoxy) is 1. The first-order valence-corrected chi connectivity index (χ1v) is 7.05. The van der Waals surface area contributed by atoms with Crippen molar-refractivity contribution in [2.75, 3.05) is 11.9 Å². The Morgan fingerprint density at radius 2 is 1.87 bits per heavy atom. The van der Waals surface area contributed by atoms with E-state index < -0.39 is 5.91 Å². The summed E-state index contributed by atoms with van der Waals surface area (Å²) in [5.41, 5.74) is 1.30.